The van der Waals surface area contributed by atoms with Gasteiger partial charge < -0.3 is 15.4 Å². The third-order valence-corrected chi connectivity index (χ3v) is 4.40. The second-order valence-electron chi connectivity index (χ2n) is 5.99. The van der Waals surface area contributed by atoms with E-state index in [0.717, 1.165) is 5.75 Å². The summed E-state index contributed by atoms with van der Waals surface area (Å²) in [6, 6.07) is 10.1. The lowest BCUT2D eigenvalue weighted by molar-refractivity contribution is 0.119. The highest BCUT2D eigenvalue weighted by molar-refractivity contribution is 5.56. The molecule has 23 heavy (non-hydrogen) atoms. The van der Waals surface area contributed by atoms with Crippen LogP contribution in [0.1, 0.15) is 20.8 Å². The normalized spacial score (nSPS) is 16.3. The van der Waals surface area contributed by atoms with Crippen LogP contribution in [0.15, 0.2) is 60.4 Å². The van der Waals surface area contributed by atoms with E-state index in [1.165, 1.54) is 0 Å². The standard InChI is InChI=1S/C19H29N3O/c1-7-19(23-18-11-9-8-10-12-18)15(3)14(2)16(4)22(6)13-21-17(5)20/h7-16,19H,1,5,20H2,2-4,6H3/b21-13-/t14-,15+,16-,19?/m0/s1. The van der Waals surface area contributed by atoms with Crippen molar-refractivity contribution < 1.29 is 4.74 Å². The average molecular weight is 315 g/mol. The minimum Gasteiger partial charge on any atom is -0.486 e. The van der Waals surface area contributed by atoms with E-state index in [4.69, 9.17) is 10.5 Å². The SMILES string of the molecule is C=CC(Oc1ccccc1)[C@H](C)[C@H](C)[C@H](C)N(C)/C=N\C(=C)N. The molecule has 0 radical (unpaired) electrons. The summed E-state index contributed by atoms with van der Waals surface area (Å²) in [5.41, 5.74) is 5.48. The Labute approximate surface area is 140 Å². The smallest absolute Gasteiger partial charge is 0.120 e. The number of ether oxygens (including phenoxy) is 1. The summed E-state index contributed by atoms with van der Waals surface area (Å²) in [6.45, 7) is 14.1. The molecule has 0 aliphatic rings. The molecule has 2 N–H and O–H groups in total. The molecule has 0 spiro atoms. The molecule has 0 aromatic heterocycles. The van der Waals surface area contributed by atoms with Crippen LogP contribution in [0.4, 0.5) is 0 Å². The molecule has 1 rings (SSSR count). The second kappa shape index (κ2) is 9.03. The molecule has 0 heterocycles. The van der Waals surface area contributed by atoms with Gasteiger partial charge in [-0.25, -0.2) is 4.99 Å². The highest BCUT2D eigenvalue weighted by Gasteiger charge is 2.27. The van der Waals surface area contributed by atoms with Crippen LogP contribution in [-0.2, 0) is 0 Å². The van der Waals surface area contributed by atoms with Crippen molar-refractivity contribution in [3.8, 4) is 5.75 Å². The minimum atomic E-state index is -0.0512. The Hall–Kier alpha value is -2.23. The zero-order valence-corrected chi connectivity index (χ0v) is 14.6. The number of para-hydroxylation sites is 1. The first-order valence-electron chi connectivity index (χ1n) is 7.91. The first kappa shape index (κ1) is 18.8. The van der Waals surface area contributed by atoms with Crippen LogP contribution < -0.4 is 10.5 Å². The molecule has 0 saturated heterocycles. The Bertz CT molecular complexity index is 527. The topological polar surface area (TPSA) is 50.8 Å². The maximum absolute atomic E-state index is 6.07. The second-order valence-corrected chi connectivity index (χ2v) is 5.99. The highest BCUT2D eigenvalue weighted by Crippen LogP contribution is 2.25. The van der Waals surface area contributed by atoms with E-state index in [1.54, 1.807) is 6.34 Å². The van der Waals surface area contributed by atoms with E-state index in [1.807, 2.05) is 48.4 Å². The van der Waals surface area contributed by atoms with Crippen molar-refractivity contribution >= 4 is 6.34 Å². The minimum absolute atomic E-state index is 0.0512. The Kier molecular flexibility index (Phi) is 7.39. The van der Waals surface area contributed by atoms with Gasteiger partial charge in [-0.1, -0.05) is 51.3 Å². The molecule has 1 aromatic carbocycles. The third-order valence-electron chi connectivity index (χ3n) is 4.40. The highest BCUT2D eigenvalue weighted by atomic mass is 16.5. The molecule has 4 heteroatoms. The number of rotatable bonds is 9. The molecule has 4 atom stereocenters. The summed E-state index contributed by atoms with van der Waals surface area (Å²) in [7, 11) is 1.99. The van der Waals surface area contributed by atoms with Gasteiger partial charge in [0.05, 0.1) is 6.34 Å². The molecule has 1 unspecified atom stereocenters. The van der Waals surface area contributed by atoms with Gasteiger partial charge in [0.1, 0.15) is 17.7 Å². The van der Waals surface area contributed by atoms with Crippen LogP contribution >= 0.6 is 0 Å². The molecule has 0 aliphatic carbocycles. The van der Waals surface area contributed by atoms with E-state index in [9.17, 15) is 0 Å². The predicted molar refractivity (Wildman–Crippen MR) is 98.4 cm³/mol. The summed E-state index contributed by atoms with van der Waals surface area (Å²) < 4.78 is 6.07. The first-order valence-corrected chi connectivity index (χ1v) is 7.91. The summed E-state index contributed by atoms with van der Waals surface area (Å²) in [5.74, 6) is 1.82. The number of nitrogens with two attached hydrogens (primary N) is 1. The quantitative estimate of drug-likeness (QED) is 0.430. The van der Waals surface area contributed by atoms with Crippen molar-refractivity contribution in [1.82, 2.24) is 4.90 Å². The number of nitrogens with zero attached hydrogens (tertiary/aromatic N) is 2. The fourth-order valence-corrected chi connectivity index (χ4v) is 2.41. The molecule has 0 bridgehead atoms. The molecule has 0 saturated carbocycles. The number of hydrogen-bond acceptors (Lipinski definition) is 3. The van der Waals surface area contributed by atoms with Crippen LogP contribution in [-0.4, -0.2) is 30.4 Å². The third kappa shape index (κ3) is 5.81. The van der Waals surface area contributed by atoms with Crippen LogP contribution in [0, 0.1) is 11.8 Å². The first-order chi connectivity index (χ1) is 10.9. The van der Waals surface area contributed by atoms with Crippen LogP contribution in [0.2, 0.25) is 0 Å². The van der Waals surface area contributed by atoms with E-state index in [0.29, 0.717) is 17.7 Å². The molecular weight excluding hydrogens is 286 g/mol. The summed E-state index contributed by atoms with van der Waals surface area (Å²) in [4.78, 5) is 6.10. The van der Waals surface area contributed by atoms with Crippen molar-refractivity contribution in [2.24, 2.45) is 22.6 Å². The molecule has 0 amide bonds. The van der Waals surface area contributed by atoms with E-state index < -0.39 is 0 Å². The lowest BCUT2D eigenvalue weighted by atomic mass is 9.85. The van der Waals surface area contributed by atoms with Crippen LogP contribution in [0.3, 0.4) is 0 Å². The van der Waals surface area contributed by atoms with E-state index in [-0.39, 0.29) is 12.1 Å². The Balaban J connectivity index is 2.73. The van der Waals surface area contributed by atoms with Crippen molar-refractivity contribution in [3.05, 3.63) is 55.4 Å². The number of aliphatic imine (C=N–C) groups is 1. The molecule has 0 fully saturated rings. The van der Waals surface area contributed by atoms with Gasteiger partial charge >= 0.3 is 0 Å². The van der Waals surface area contributed by atoms with Crippen molar-refractivity contribution in [2.75, 3.05) is 7.05 Å². The van der Waals surface area contributed by atoms with Gasteiger partial charge in [0.25, 0.3) is 0 Å². The van der Waals surface area contributed by atoms with Gasteiger partial charge in [-0.2, -0.15) is 0 Å². The predicted octanol–water partition coefficient (Wildman–Crippen LogP) is 3.67. The molecule has 126 valence electrons. The van der Waals surface area contributed by atoms with Crippen molar-refractivity contribution in [1.29, 1.82) is 0 Å². The van der Waals surface area contributed by atoms with Crippen molar-refractivity contribution in [3.63, 3.8) is 0 Å². The van der Waals surface area contributed by atoms with Gasteiger partial charge in [0.15, 0.2) is 0 Å². The maximum Gasteiger partial charge on any atom is 0.120 e. The number of benzene rings is 1. The van der Waals surface area contributed by atoms with Gasteiger partial charge in [-0.15, -0.1) is 0 Å². The van der Waals surface area contributed by atoms with Crippen LogP contribution in [0.25, 0.3) is 0 Å². The summed E-state index contributed by atoms with van der Waals surface area (Å²) in [6.07, 6.45) is 3.54. The van der Waals surface area contributed by atoms with Crippen LogP contribution in [0.5, 0.6) is 5.75 Å². The van der Waals surface area contributed by atoms with Gasteiger partial charge in [-0.05, 0) is 25.0 Å². The average Bonchev–Trinajstić information content (AvgIpc) is 2.56. The zero-order chi connectivity index (χ0) is 17.4. The summed E-state index contributed by atoms with van der Waals surface area (Å²) in [5, 5.41) is 0. The fourth-order valence-electron chi connectivity index (χ4n) is 2.41. The lowest BCUT2D eigenvalue weighted by Crippen LogP contribution is -2.40. The Morgan fingerprint density at radius 3 is 2.35 bits per heavy atom. The van der Waals surface area contributed by atoms with E-state index in [2.05, 4.69) is 38.9 Å². The zero-order valence-electron chi connectivity index (χ0n) is 14.6. The maximum atomic E-state index is 6.07. The Morgan fingerprint density at radius 1 is 1.22 bits per heavy atom. The van der Waals surface area contributed by atoms with Crippen molar-refractivity contribution in [2.45, 2.75) is 32.9 Å². The molecule has 1 aromatic rings. The molecular formula is C19H29N3O. The molecule has 4 nitrogen and oxygen atoms in total. The molecule has 0 aliphatic heterocycles. The summed E-state index contributed by atoms with van der Waals surface area (Å²) >= 11 is 0. The Morgan fingerprint density at radius 2 is 1.83 bits per heavy atom. The van der Waals surface area contributed by atoms with E-state index >= 15 is 0 Å². The van der Waals surface area contributed by atoms with Gasteiger partial charge in [-0.3, -0.25) is 0 Å². The van der Waals surface area contributed by atoms with Gasteiger partial charge in [0, 0.05) is 19.0 Å². The lowest BCUT2D eigenvalue weighted by Gasteiger charge is -2.35. The number of hydrogen-bond donors (Lipinski definition) is 1. The monoisotopic (exact) mass is 315 g/mol. The largest absolute Gasteiger partial charge is 0.486 e. The van der Waals surface area contributed by atoms with Gasteiger partial charge in [0.2, 0.25) is 0 Å². The fraction of sp³-hybridized carbons (Fsp3) is 0.421.